The first kappa shape index (κ1) is 13.5. The SMILES string of the molecule is CN(C)CCCNC(=O)Cn1nnc2ccccc21. The van der Waals surface area contributed by atoms with Crippen LogP contribution in [-0.2, 0) is 11.3 Å². The summed E-state index contributed by atoms with van der Waals surface area (Å²) >= 11 is 0. The molecule has 2 rings (SSSR count). The summed E-state index contributed by atoms with van der Waals surface area (Å²) in [5.74, 6) is -0.0330. The van der Waals surface area contributed by atoms with E-state index in [0.717, 1.165) is 24.0 Å². The van der Waals surface area contributed by atoms with Gasteiger partial charge in [-0.25, -0.2) is 4.68 Å². The summed E-state index contributed by atoms with van der Waals surface area (Å²) in [6.45, 7) is 1.86. The van der Waals surface area contributed by atoms with Gasteiger partial charge in [-0.3, -0.25) is 4.79 Å². The molecule has 1 aromatic carbocycles. The zero-order valence-electron chi connectivity index (χ0n) is 11.3. The summed E-state index contributed by atoms with van der Waals surface area (Å²) in [5, 5.41) is 10.9. The van der Waals surface area contributed by atoms with Crippen LogP contribution in [-0.4, -0.2) is 53.0 Å². The Kier molecular flexibility index (Phi) is 4.46. The zero-order valence-corrected chi connectivity index (χ0v) is 11.3. The fourth-order valence-corrected chi connectivity index (χ4v) is 1.85. The van der Waals surface area contributed by atoms with Crippen LogP contribution in [0, 0.1) is 0 Å². The van der Waals surface area contributed by atoms with Gasteiger partial charge < -0.3 is 10.2 Å². The van der Waals surface area contributed by atoms with Crippen LogP contribution in [0.25, 0.3) is 11.0 Å². The maximum absolute atomic E-state index is 11.8. The highest BCUT2D eigenvalue weighted by Crippen LogP contribution is 2.08. The molecule has 0 saturated heterocycles. The Morgan fingerprint density at radius 2 is 2.16 bits per heavy atom. The van der Waals surface area contributed by atoms with E-state index >= 15 is 0 Å². The first-order chi connectivity index (χ1) is 9.16. The van der Waals surface area contributed by atoms with E-state index < -0.39 is 0 Å². The van der Waals surface area contributed by atoms with Gasteiger partial charge in [0.25, 0.3) is 0 Å². The Bertz CT molecular complexity index is 549. The average Bonchev–Trinajstić information content (AvgIpc) is 2.78. The van der Waals surface area contributed by atoms with Gasteiger partial charge in [-0.1, -0.05) is 17.3 Å². The van der Waals surface area contributed by atoms with Gasteiger partial charge in [0.15, 0.2) is 0 Å². The first-order valence-electron chi connectivity index (χ1n) is 6.36. The maximum Gasteiger partial charge on any atom is 0.241 e. The van der Waals surface area contributed by atoms with Crippen molar-refractivity contribution in [2.75, 3.05) is 27.2 Å². The normalized spacial score (nSPS) is 11.1. The highest BCUT2D eigenvalue weighted by Gasteiger charge is 2.07. The van der Waals surface area contributed by atoms with Crippen LogP contribution in [0.1, 0.15) is 6.42 Å². The van der Waals surface area contributed by atoms with Crippen molar-refractivity contribution < 1.29 is 4.79 Å². The van der Waals surface area contributed by atoms with Crippen LogP contribution >= 0.6 is 0 Å². The number of nitrogens with one attached hydrogen (secondary N) is 1. The molecule has 0 spiro atoms. The minimum atomic E-state index is -0.0330. The fourth-order valence-electron chi connectivity index (χ4n) is 1.85. The van der Waals surface area contributed by atoms with Crippen molar-refractivity contribution in [1.29, 1.82) is 0 Å². The lowest BCUT2D eigenvalue weighted by molar-refractivity contribution is -0.121. The molecule has 6 heteroatoms. The molecule has 19 heavy (non-hydrogen) atoms. The molecular formula is C13H19N5O. The molecule has 1 N–H and O–H groups in total. The number of para-hydroxylation sites is 1. The van der Waals surface area contributed by atoms with Gasteiger partial charge in [-0.2, -0.15) is 0 Å². The van der Waals surface area contributed by atoms with Crippen molar-refractivity contribution >= 4 is 16.9 Å². The van der Waals surface area contributed by atoms with Crippen LogP contribution in [0.4, 0.5) is 0 Å². The number of hydrogen-bond acceptors (Lipinski definition) is 4. The number of carbonyl (C=O) groups excluding carboxylic acids is 1. The predicted octanol–water partition coefficient (Wildman–Crippen LogP) is 0.499. The molecule has 0 atom stereocenters. The fraction of sp³-hybridized carbons (Fsp3) is 0.462. The quantitative estimate of drug-likeness (QED) is 0.769. The van der Waals surface area contributed by atoms with Crippen molar-refractivity contribution in [2.45, 2.75) is 13.0 Å². The van der Waals surface area contributed by atoms with Gasteiger partial charge in [-0.15, -0.1) is 5.10 Å². The van der Waals surface area contributed by atoms with E-state index in [1.807, 2.05) is 38.4 Å². The third-order valence-electron chi connectivity index (χ3n) is 2.82. The number of benzene rings is 1. The topological polar surface area (TPSA) is 63.1 Å². The molecule has 1 amide bonds. The Hall–Kier alpha value is -1.95. The summed E-state index contributed by atoms with van der Waals surface area (Å²) in [6, 6.07) is 7.61. The van der Waals surface area contributed by atoms with E-state index in [-0.39, 0.29) is 12.5 Å². The number of hydrogen-bond donors (Lipinski definition) is 1. The maximum atomic E-state index is 11.8. The molecule has 0 aliphatic carbocycles. The van der Waals surface area contributed by atoms with Crippen LogP contribution in [0.3, 0.4) is 0 Å². The molecule has 0 aliphatic rings. The Morgan fingerprint density at radius 1 is 1.37 bits per heavy atom. The third-order valence-corrected chi connectivity index (χ3v) is 2.82. The smallest absolute Gasteiger partial charge is 0.241 e. The van der Waals surface area contributed by atoms with Crippen molar-refractivity contribution in [3.05, 3.63) is 24.3 Å². The summed E-state index contributed by atoms with van der Waals surface area (Å²) in [6.07, 6.45) is 0.941. The summed E-state index contributed by atoms with van der Waals surface area (Å²) < 4.78 is 1.62. The third kappa shape index (κ3) is 3.75. The summed E-state index contributed by atoms with van der Waals surface area (Å²) in [5.41, 5.74) is 1.69. The highest BCUT2D eigenvalue weighted by atomic mass is 16.2. The minimum Gasteiger partial charge on any atom is -0.354 e. The van der Waals surface area contributed by atoms with Crippen LogP contribution in [0.5, 0.6) is 0 Å². The molecule has 102 valence electrons. The molecule has 6 nitrogen and oxygen atoms in total. The van der Waals surface area contributed by atoms with Gasteiger partial charge >= 0.3 is 0 Å². The molecule has 0 radical (unpaired) electrons. The monoisotopic (exact) mass is 261 g/mol. The number of amides is 1. The van der Waals surface area contributed by atoms with E-state index in [0.29, 0.717) is 6.54 Å². The van der Waals surface area contributed by atoms with E-state index in [9.17, 15) is 4.79 Å². The molecule has 0 saturated carbocycles. The summed E-state index contributed by atoms with van der Waals surface area (Å²) in [4.78, 5) is 13.9. The Balaban J connectivity index is 1.85. The number of rotatable bonds is 6. The molecule has 0 aliphatic heterocycles. The molecule has 2 aromatic rings. The number of fused-ring (bicyclic) bond motifs is 1. The van der Waals surface area contributed by atoms with Crippen LogP contribution in [0.2, 0.25) is 0 Å². The van der Waals surface area contributed by atoms with Gasteiger partial charge in [0.1, 0.15) is 12.1 Å². The highest BCUT2D eigenvalue weighted by molar-refractivity contribution is 5.79. The molecule has 0 unspecified atom stereocenters. The van der Waals surface area contributed by atoms with Crippen LogP contribution < -0.4 is 5.32 Å². The zero-order chi connectivity index (χ0) is 13.7. The lowest BCUT2D eigenvalue weighted by atomic mass is 10.3. The van der Waals surface area contributed by atoms with Crippen molar-refractivity contribution in [3.8, 4) is 0 Å². The largest absolute Gasteiger partial charge is 0.354 e. The van der Waals surface area contributed by atoms with E-state index in [2.05, 4.69) is 20.5 Å². The lowest BCUT2D eigenvalue weighted by Gasteiger charge is -2.09. The molecule has 1 aromatic heterocycles. The molecular weight excluding hydrogens is 242 g/mol. The molecule has 1 heterocycles. The van der Waals surface area contributed by atoms with Crippen molar-refractivity contribution in [3.63, 3.8) is 0 Å². The first-order valence-corrected chi connectivity index (χ1v) is 6.36. The Morgan fingerprint density at radius 3 is 2.95 bits per heavy atom. The average molecular weight is 261 g/mol. The van der Waals surface area contributed by atoms with Crippen molar-refractivity contribution in [2.24, 2.45) is 0 Å². The molecule has 0 bridgehead atoms. The van der Waals surface area contributed by atoms with E-state index in [1.54, 1.807) is 4.68 Å². The van der Waals surface area contributed by atoms with E-state index in [4.69, 9.17) is 0 Å². The van der Waals surface area contributed by atoms with Crippen LogP contribution in [0.15, 0.2) is 24.3 Å². The second kappa shape index (κ2) is 6.29. The predicted molar refractivity (Wildman–Crippen MR) is 73.7 cm³/mol. The molecule has 0 fully saturated rings. The minimum absolute atomic E-state index is 0.0330. The number of nitrogens with zero attached hydrogens (tertiary/aromatic N) is 4. The second-order valence-electron chi connectivity index (χ2n) is 4.74. The summed E-state index contributed by atoms with van der Waals surface area (Å²) in [7, 11) is 4.03. The van der Waals surface area contributed by atoms with Gasteiger partial charge in [-0.05, 0) is 39.2 Å². The van der Waals surface area contributed by atoms with Gasteiger partial charge in [0, 0.05) is 6.54 Å². The Labute approximate surface area is 112 Å². The van der Waals surface area contributed by atoms with Crippen molar-refractivity contribution in [1.82, 2.24) is 25.2 Å². The second-order valence-corrected chi connectivity index (χ2v) is 4.74. The number of carbonyl (C=O) groups is 1. The van der Waals surface area contributed by atoms with Gasteiger partial charge in [0.05, 0.1) is 5.52 Å². The standard InChI is InChI=1S/C13H19N5O/c1-17(2)9-5-8-14-13(19)10-18-12-7-4-3-6-11(12)15-16-18/h3-4,6-7H,5,8-10H2,1-2H3,(H,14,19). The number of aromatic nitrogens is 3. The van der Waals surface area contributed by atoms with E-state index in [1.165, 1.54) is 0 Å². The van der Waals surface area contributed by atoms with Gasteiger partial charge in [0.2, 0.25) is 5.91 Å². The lowest BCUT2D eigenvalue weighted by Crippen LogP contribution is -2.30.